The Morgan fingerprint density at radius 3 is 1.24 bits per heavy atom. The Bertz CT molecular complexity index is 3820. The van der Waals surface area contributed by atoms with Crippen molar-refractivity contribution in [2.24, 2.45) is 46.8 Å². The van der Waals surface area contributed by atoms with E-state index in [1.807, 2.05) is 0 Å². The van der Waals surface area contributed by atoms with E-state index in [4.69, 9.17) is 17.2 Å². The number of carboxylic acid groups (broad SMARTS) is 1. The number of hydrogen-bond acceptors (Lipinski definition) is 23. The Morgan fingerprint density at radius 1 is 0.412 bits per heavy atom. The van der Waals surface area contributed by atoms with Crippen LogP contribution in [0.2, 0.25) is 0 Å². The highest BCUT2D eigenvalue weighted by Crippen LogP contribution is 2.16. The standard InChI is InChI=1S/C76H123N21O22/c1-16-39(10)61(75(118)95-53(26-38(8)9)74(117)97-62(44(15)98)76(119)91-50(63(79)106)23-35(2)3)96-59(103)33-83-65(108)41(12)86-67(110)43(14)88-71(114)54(28-46-30-80-34-84-46)94-73(116)55(29-56(78)100)89-58(102)32-82-64(107)40(11)85-57(101)31-81-66(109)42(13)87-70(113)51(24-36(4)5)93-72(115)52(25-37(6)7)92-69(112)49(21-22-60(104)105)90-68(111)48(77)27-45-17-19-47(99)20-18-45/h17-20,30,34-44,48-55,61-62,98-99H,16,21-29,31-33,77H2,1-15H3,(H2,78,100)(H2,79,106)(H,80,84)(H,81,109)(H,82,107)(H,83,108)(H,85,101)(H,86,110)(H,87,113)(H,88,114)(H,89,102)(H,90,111)(H,91,119)(H,92,112)(H,93,115)(H,94,116)(H,95,118)(H,96,103)(H,97,117)(H,104,105)/t39-,40-,41-,42-,43-,44+,48-,49-,50-,51-,52-,53-,54-,55-,61-,62-/m0/s1. The second-order valence-corrected chi connectivity index (χ2v) is 31.1. The van der Waals surface area contributed by atoms with E-state index in [1.165, 1.54) is 71.4 Å². The summed E-state index contributed by atoms with van der Waals surface area (Å²) in [4.78, 5) is 259. The molecule has 0 aliphatic rings. The van der Waals surface area contributed by atoms with E-state index in [1.54, 1.807) is 69.2 Å². The number of primary amides is 2. The molecule has 0 spiro atoms. The van der Waals surface area contributed by atoms with Gasteiger partial charge in [0.25, 0.3) is 0 Å². The van der Waals surface area contributed by atoms with Crippen molar-refractivity contribution < 1.29 is 106 Å². The number of aromatic nitrogens is 2. The minimum absolute atomic E-state index is 0.00809. The first-order valence-corrected chi connectivity index (χ1v) is 39.3. The number of carbonyl (C=O) groups excluding carboxylic acids is 18. The number of nitrogens with two attached hydrogens (primary N) is 3. The molecule has 0 saturated heterocycles. The molecule has 1 heterocycles. The maximum atomic E-state index is 14.0. The summed E-state index contributed by atoms with van der Waals surface area (Å²) >= 11 is 0. The number of phenols is 1. The number of aliphatic carboxylic acids is 1. The van der Waals surface area contributed by atoms with Crippen LogP contribution in [0.5, 0.6) is 5.75 Å². The molecule has 119 heavy (non-hydrogen) atoms. The lowest BCUT2D eigenvalue weighted by Gasteiger charge is -2.29. The molecule has 664 valence electrons. The smallest absolute Gasteiger partial charge is 0.303 e. The number of aromatic hydroxyl groups is 1. The molecule has 0 aliphatic carbocycles. The van der Waals surface area contributed by atoms with Gasteiger partial charge in [-0.05, 0) is 120 Å². The number of carboxylic acids is 1. The lowest BCUT2D eigenvalue weighted by atomic mass is 9.96. The quantitative estimate of drug-likeness (QED) is 0.0293. The zero-order valence-electron chi connectivity index (χ0n) is 70.0. The summed E-state index contributed by atoms with van der Waals surface area (Å²) in [5.41, 5.74) is 17.9. The zero-order valence-corrected chi connectivity index (χ0v) is 70.0. The second-order valence-electron chi connectivity index (χ2n) is 31.1. The minimum atomic E-state index is -1.79. The lowest BCUT2D eigenvalue weighted by Crippen LogP contribution is -2.61. The third-order valence-electron chi connectivity index (χ3n) is 18.2. The molecule has 43 nitrogen and oxygen atoms in total. The summed E-state index contributed by atoms with van der Waals surface area (Å²) in [6, 6.07) is -13.6. The van der Waals surface area contributed by atoms with Crippen LogP contribution in [0.15, 0.2) is 36.8 Å². The lowest BCUT2D eigenvalue weighted by molar-refractivity contribution is -0.138. The van der Waals surface area contributed by atoms with E-state index in [2.05, 4.69) is 95.0 Å². The Hall–Kier alpha value is -11.9. The van der Waals surface area contributed by atoms with E-state index in [0.717, 1.165) is 0 Å². The Morgan fingerprint density at radius 2 is 0.790 bits per heavy atom. The Kier molecular flexibility index (Phi) is 44.5. The van der Waals surface area contributed by atoms with Crippen LogP contribution in [0.25, 0.3) is 0 Å². The number of aromatic amines is 1. The maximum Gasteiger partial charge on any atom is 0.303 e. The number of phenolic OH excluding ortho intramolecular Hbond substituents is 1. The van der Waals surface area contributed by atoms with Crippen molar-refractivity contribution in [2.75, 3.05) is 19.6 Å². The van der Waals surface area contributed by atoms with Gasteiger partial charge in [0, 0.05) is 24.7 Å². The number of hydrogen-bond donors (Lipinski definition) is 23. The van der Waals surface area contributed by atoms with Gasteiger partial charge in [0.2, 0.25) is 106 Å². The van der Waals surface area contributed by atoms with Crippen LogP contribution < -0.4 is 102 Å². The largest absolute Gasteiger partial charge is 0.508 e. The van der Waals surface area contributed by atoms with Crippen LogP contribution in [0.3, 0.4) is 0 Å². The van der Waals surface area contributed by atoms with Gasteiger partial charge in [0.05, 0.1) is 44.5 Å². The number of imidazole rings is 1. The first-order valence-electron chi connectivity index (χ1n) is 39.3. The van der Waals surface area contributed by atoms with Gasteiger partial charge in [-0.15, -0.1) is 0 Å². The minimum Gasteiger partial charge on any atom is -0.508 e. The van der Waals surface area contributed by atoms with Crippen LogP contribution in [-0.4, -0.2) is 248 Å². The topological polar surface area (TPSA) is 684 Å². The number of benzene rings is 1. The summed E-state index contributed by atoms with van der Waals surface area (Å²) in [6.45, 7) is 21.3. The van der Waals surface area contributed by atoms with Gasteiger partial charge in [0.1, 0.15) is 84.3 Å². The first kappa shape index (κ1) is 103. The molecule has 2 aromatic rings. The van der Waals surface area contributed by atoms with E-state index >= 15 is 0 Å². The number of carbonyl (C=O) groups is 19. The predicted molar refractivity (Wildman–Crippen MR) is 428 cm³/mol. The van der Waals surface area contributed by atoms with Crippen molar-refractivity contribution in [3.05, 3.63) is 48.0 Å². The fraction of sp³-hybridized carbons (Fsp3) is 0.632. The zero-order chi connectivity index (χ0) is 90.4. The highest BCUT2D eigenvalue weighted by Gasteiger charge is 2.38. The number of nitrogens with one attached hydrogen (secondary N) is 17. The van der Waals surface area contributed by atoms with Crippen LogP contribution in [0, 0.1) is 29.6 Å². The third kappa shape index (κ3) is 39.3. The summed E-state index contributed by atoms with van der Waals surface area (Å²) in [7, 11) is 0. The van der Waals surface area contributed by atoms with Crippen molar-refractivity contribution in [1.29, 1.82) is 0 Å². The molecule has 0 radical (unpaired) electrons. The van der Waals surface area contributed by atoms with E-state index < -0.39 is 241 Å². The number of H-pyrrole nitrogens is 1. The molecule has 0 bridgehead atoms. The second kappa shape index (κ2) is 51.3. The van der Waals surface area contributed by atoms with E-state index in [9.17, 15) is 106 Å². The molecular formula is C76H123N21O22. The molecule has 43 heteroatoms. The summed E-state index contributed by atoms with van der Waals surface area (Å²) in [6.07, 6.45) is -0.447. The number of amides is 18. The summed E-state index contributed by atoms with van der Waals surface area (Å²) in [5.74, 6) is -19.2. The Labute approximate surface area is 690 Å². The Balaban J connectivity index is 2.07. The molecule has 0 unspecified atom stereocenters. The van der Waals surface area contributed by atoms with Gasteiger partial charge in [0.15, 0.2) is 0 Å². The van der Waals surface area contributed by atoms with Crippen LogP contribution in [0.1, 0.15) is 166 Å². The van der Waals surface area contributed by atoms with Gasteiger partial charge in [-0.1, -0.05) is 87.8 Å². The molecule has 2 rings (SSSR count). The average molecular weight is 1680 g/mol. The number of rotatable bonds is 53. The third-order valence-corrected chi connectivity index (χ3v) is 18.2. The van der Waals surface area contributed by atoms with Crippen LogP contribution in [0.4, 0.5) is 0 Å². The number of nitrogens with zero attached hydrogens (tertiary/aromatic N) is 1. The number of aliphatic hydroxyl groups is 1. The predicted octanol–water partition coefficient (Wildman–Crippen LogP) is -6.20. The average Bonchev–Trinajstić information content (AvgIpc) is 1.51. The van der Waals surface area contributed by atoms with Crippen molar-refractivity contribution in [3.63, 3.8) is 0 Å². The SMILES string of the molecule is CC[C@H](C)[C@H](NC(=O)CNC(=O)[C@H](C)NC(=O)[C@H](C)NC(=O)[C@H](Cc1cnc[nH]1)NC(=O)[C@H](CC(N)=O)NC(=O)CNC(=O)[C@H](C)NC(=O)CNC(=O)[C@H](C)NC(=O)[C@H](CC(C)C)NC(=O)[C@H](CC(C)C)NC(=O)[C@H](CCC(=O)O)NC(=O)[C@@H](N)Cc1ccc(O)cc1)C(=O)N[C@@H](CC(C)C)C(=O)N[C@H](C(=O)N[C@@H](CC(C)C)C(N)=O)[C@@H](C)O. The molecule has 26 N–H and O–H groups in total. The fourth-order valence-electron chi connectivity index (χ4n) is 11.5. The highest BCUT2D eigenvalue weighted by atomic mass is 16.4. The van der Waals surface area contributed by atoms with Gasteiger partial charge in [-0.3, -0.25) is 91.1 Å². The van der Waals surface area contributed by atoms with Crippen molar-refractivity contribution >= 4 is 112 Å². The summed E-state index contributed by atoms with van der Waals surface area (Å²) in [5, 5.41) is 68.4. The van der Waals surface area contributed by atoms with Crippen molar-refractivity contribution in [3.8, 4) is 5.75 Å². The van der Waals surface area contributed by atoms with Gasteiger partial charge in [-0.2, -0.15) is 0 Å². The number of aliphatic hydroxyl groups excluding tert-OH is 1. The molecule has 0 aliphatic heterocycles. The van der Waals surface area contributed by atoms with E-state index in [-0.39, 0.29) is 80.1 Å². The first-order chi connectivity index (χ1) is 55.5. The summed E-state index contributed by atoms with van der Waals surface area (Å²) < 4.78 is 0. The monoisotopic (exact) mass is 1680 g/mol. The van der Waals surface area contributed by atoms with E-state index in [0.29, 0.717) is 12.0 Å². The maximum absolute atomic E-state index is 14.0. The molecule has 0 fully saturated rings. The van der Waals surface area contributed by atoms with Gasteiger partial charge < -0.3 is 123 Å². The fourth-order valence-corrected chi connectivity index (χ4v) is 11.5. The van der Waals surface area contributed by atoms with Gasteiger partial charge >= 0.3 is 5.97 Å². The molecule has 18 amide bonds. The molecular weight excluding hydrogens is 1560 g/mol. The molecule has 16 atom stereocenters. The van der Waals surface area contributed by atoms with Crippen molar-refractivity contribution in [2.45, 2.75) is 259 Å². The van der Waals surface area contributed by atoms with Crippen LogP contribution in [-0.2, 0) is 104 Å². The van der Waals surface area contributed by atoms with Gasteiger partial charge in [-0.25, -0.2) is 4.98 Å². The molecule has 1 aromatic heterocycles. The van der Waals surface area contributed by atoms with Crippen molar-refractivity contribution in [1.82, 2.24) is 95.0 Å². The molecule has 1 aromatic carbocycles. The van der Waals surface area contributed by atoms with Crippen LogP contribution >= 0.6 is 0 Å². The highest BCUT2D eigenvalue weighted by molar-refractivity contribution is 6.01. The normalized spacial score (nSPS) is 15.2. The molecule has 0 saturated carbocycles.